The second kappa shape index (κ2) is 7.66. The highest BCUT2D eigenvalue weighted by atomic mass is 35.5. The smallest absolute Gasteiger partial charge is 0.289 e. The number of alkyl halides is 1. The number of halogens is 2. The van der Waals surface area contributed by atoms with Gasteiger partial charge in [0.1, 0.15) is 25.6 Å². The Bertz CT molecular complexity index is 739. The van der Waals surface area contributed by atoms with Crippen LogP contribution < -0.4 is 15.0 Å². The number of benzene rings is 1. The highest BCUT2D eigenvalue weighted by molar-refractivity contribution is 6.31. The summed E-state index contributed by atoms with van der Waals surface area (Å²) in [4.78, 5) is 12.2. The van der Waals surface area contributed by atoms with Crippen molar-refractivity contribution in [3.05, 3.63) is 51.4 Å². The summed E-state index contributed by atoms with van der Waals surface area (Å²) in [6.45, 7) is 5.32. The molecule has 0 aliphatic heterocycles. The predicted molar refractivity (Wildman–Crippen MR) is 90.7 cm³/mol. The van der Waals surface area contributed by atoms with Crippen LogP contribution >= 0.6 is 11.6 Å². The zero-order valence-corrected chi connectivity index (χ0v) is 14.6. The van der Waals surface area contributed by atoms with E-state index in [-0.39, 0.29) is 24.0 Å². The first-order valence-corrected chi connectivity index (χ1v) is 7.89. The normalized spacial score (nSPS) is 11.4. The second-order valence-electron chi connectivity index (χ2n) is 6.18. The molecule has 0 unspecified atom stereocenters. The largest absolute Gasteiger partial charge is 0.491 e. The van der Waals surface area contributed by atoms with Gasteiger partial charge in [0, 0.05) is 0 Å². The summed E-state index contributed by atoms with van der Waals surface area (Å²) in [6, 6.07) is 7.05. The van der Waals surface area contributed by atoms with Crippen LogP contribution in [-0.4, -0.2) is 23.1 Å². The minimum atomic E-state index is -0.531. The SMILES string of the molecule is CC(C)(C)n1ncc(OCc2ccc(OCCF)cc2)c(Cl)c1=O. The Morgan fingerprint density at radius 2 is 1.88 bits per heavy atom. The minimum Gasteiger partial charge on any atom is -0.491 e. The molecule has 0 bridgehead atoms. The number of rotatable bonds is 6. The van der Waals surface area contributed by atoms with Gasteiger partial charge in [0.2, 0.25) is 0 Å². The number of hydrogen-bond donors (Lipinski definition) is 0. The van der Waals surface area contributed by atoms with Gasteiger partial charge in [0.25, 0.3) is 5.56 Å². The van der Waals surface area contributed by atoms with Crippen molar-refractivity contribution in [3.63, 3.8) is 0 Å². The second-order valence-corrected chi connectivity index (χ2v) is 6.56. The first-order valence-electron chi connectivity index (χ1n) is 7.51. The van der Waals surface area contributed by atoms with Crippen LogP contribution in [0.4, 0.5) is 4.39 Å². The molecule has 0 aliphatic rings. The molecule has 0 amide bonds. The van der Waals surface area contributed by atoms with Crippen LogP contribution in [-0.2, 0) is 12.1 Å². The minimum absolute atomic E-state index is 0.00262. The third-order valence-electron chi connectivity index (χ3n) is 3.19. The topological polar surface area (TPSA) is 53.4 Å². The number of nitrogens with zero attached hydrogens (tertiary/aromatic N) is 2. The Labute approximate surface area is 145 Å². The number of aromatic nitrogens is 2. The molecule has 0 N–H and O–H groups in total. The summed E-state index contributed by atoms with van der Waals surface area (Å²) in [6.07, 6.45) is 1.44. The molecule has 0 spiro atoms. The molecule has 24 heavy (non-hydrogen) atoms. The van der Waals surface area contributed by atoms with Gasteiger partial charge in [-0.15, -0.1) is 0 Å². The van der Waals surface area contributed by atoms with E-state index in [0.29, 0.717) is 5.75 Å². The fourth-order valence-corrected chi connectivity index (χ4v) is 2.18. The third-order valence-corrected chi connectivity index (χ3v) is 3.53. The van der Waals surface area contributed by atoms with E-state index in [9.17, 15) is 9.18 Å². The molecule has 0 saturated heterocycles. The quantitative estimate of drug-likeness (QED) is 0.795. The Kier molecular flexibility index (Phi) is 5.83. The fraction of sp³-hybridized carbons (Fsp3) is 0.412. The van der Waals surface area contributed by atoms with Gasteiger partial charge in [-0.05, 0) is 38.5 Å². The molecule has 0 radical (unpaired) electrons. The van der Waals surface area contributed by atoms with E-state index in [4.69, 9.17) is 21.1 Å². The van der Waals surface area contributed by atoms with Crippen LogP contribution in [0.25, 0.3) is 0 Å². The maximum absolute atomic E-state index is 12.2. The van der Waals surface area contributed by atoms with E-state index in [1.165, 1.54) is 10.9 Å². The molecule has 0 fully saturated rings. The molecule has 2 rings (SSSR count). The van der Waals surface area contributed by atoms with Crippen molar-refractivity contribution in [2.75, 3.05) is 13.3 Å². The maximum atomic E-state index is 12.2. The lowest BCUT2D eigenvalue weighted by atomic mass is 10.1. The van der Waals surface area contributed by atoms with Crippen molar-refractivity contribution < 1.29 is 13.9 Å². The van der Waals surface area contributed by atoms with E-state index in [1.807, 2.05) is 20.8 Å². The Morgan fingerprint density at radius 3 is 2.46 bits per heavy atom. The van der Waals surface area contributed by atoms with Crippen LogP contribution in [0, 0.1) is 0 Å². The Balaban J connectivity index is 2.07. The molecule has 1 aromatic heterocycles. The van der Waals surface area contributed by atoms with Crippen molar-refractivity contribution in [2.45, 2.75) is 32.9 Å². The number of hydrogen-bond acceptors (Lipinski definition) is 4. The monoisotopic (exact) mass is 354 g/mol. The van der Waals surface area contributed by atoms with E-state index in [1.54, 1.807) is 24.3 Å². The average Bonchev–Trinajstić information content (AvgIpc) is 2.54. The van der Waals surface area contributed by atoms with E-state index < -0.39 is 17.8 Å². The summed E-state index contributed by atoms with van der Waals surface area (Å²) in [5.74, 6) is 0.823. The molecule has 1 aromatic carbocycles. The van der Waals surface area contributed by atoms with Crippen molar-refractivity contribution in [3.8, 4) is 11.5 Å². The highest BCUT2D eigenvalue weighted by Gasteiger charge is 2.19. The van der Waals surface area contributed by atoms with Crippen molar-refractivity contribution in [1.29, 1.82) is 0 Å². The summed E-state index contributed by atoms with van der Waals surface area (Å²) < 4.78 is 24.1. The molecule has 5 nitrogen and oxygen atoms in total. The first kappa shape index (κ1) is 18.3. The number of ether oxygens (including phenoxy) is 2. The predicted octanol–water partition coefficient (Wildman–Crippen LogP) is 3.58. The van der Waals surface area contributed by atoms with E-state index >= 15 is 0 Å². The molecule has 1 heterocycles. The third kappa shape index (κ3) is 4.47. The molecule has 0 aliphatic carbocycles. The first-order chi connectivity index (χ1) is 11.3. The van der Waals surface area contributed by atoms with E-state index in [2.05, 4.69) is 5.10 Å². The van der Waals surface area contributed by atoms with Gasteiger partial charge >= 0.3 is 0 Å². The molecule has 7 heteroatoms. The molecule has 2 aromatic rings. The molecule has 0 atom stereocenters. The van der Waals surface area contributed by atoms with Gasteiger partial charge in [0.05, 0.1) is 11.7 Å². The van der Waals surface area contributed by atoms with Gasteiger partial charge < -0.3 is 9.47 Å². The lowest BCUT2D eigenvalue weighted by Crippen LogP contribution is -2.36. The molecular formula is C17H20ClFN2O3. The van der Waals surface area contributed by atoms with E-state index in [0.717, 1.165) is 5.56 Å². The molecule has 0 saturated carbocycles. The fourth-order valence-electron chi connectivity index (χ4n) is 2.00. The van der Waals surface area contributed by atoms with Gasteiger partial charge in [-0.3, -0.25) is 4.79 Å². The summed E-state index contributed by atoms with van der Waals surface area (Å²) in [5.41, 5.74) is 0.00427. The van der Waals surface area contributed by atoms with Crippen LogP contribution in [0.3, 0.4) is 0 Å². The molecular weight excluding hydrogens is 335 g/mol. The van der Waals surface area contributed by atoms with Gasteiger partial charge in [-0.2, -0.15) is 5.10 Å². The van der Waals surface area contributed by atoms with Gasteiger partial charge in [-0.1, -0.05) is 23.7 Å². The van der Waals surface area contributed by atoms with Gasteiger partial charge in [0.15, 0.2) is 10.8 Å². The lowest BCUT2D eigenvalue weighted by Gasteiger charge is -2.21. The van der Waals surface area contributed by atoms with Crippen LogP contribution in [0.5, 0.6) is 11.5 Å². The summed E-state index contributed by atoms with van der Waals surface area (Å²) in [5, 5.41) is 4.11. The van der Waals surface area contributed by atoms with Gasteiger partial charge in [-0.25, -0.2) is 9.07 Å². The zero-order valence-electron chi connectivity index (χ0n) is 13.9. The summed E-state index contributed by atoms with van der Waals surface area (Å²) in [7, 11) is 0. The van der Waals surface area contributed by atoms with Crippen molar-refractivity contribution in [1.82, 2.24) is 9.78 Å². The van der Waals surface area contributed by atoms with Crippen LogP contribution in [0.1, 0.15) is 26.3 Å². The molecule has 130 valence electrons. The van der Waals surface area contributed by atoms with Crippen LogP contribution in [0.15, 0.2) is 35.3 Å². The lowest BCUT2D eigenvalue weighted by molar-refractivity contribution is 0.272. The van der Waals surface area contributed by atoms with Crippen molar-refractivity contribution in [2.24, 2.45) is 0 Å². The maximum Gasteiger partial charge on any atom is 0.289 e. The Morgan fingerprint density at radius 1 is 1.21 bits per heavy atom. The average molecular weight is 355 g/mol. The highest BCUT2D eigenvalue weighted by Crippen LogP contribution is 2.22. The zero-order chi connectivity index (χ0) is 17.7. The standard InChI is InChI=1S/C17H20ClFN2O3/c1-17(2,3)21-16(22)15(18)14(10-20-21)24-11-12-4-6-13(7-5-12)23-9-8-19/h4-7,10H,8-9,11H2,1-3H3. The Hall–Kier alpha value is -2.08. The summed E-state index contributed by atoms with van der Waals surface area (Å²) >= 11 is 6.10. The van der Waals surface area contributed by atoms with Crippen molar-refractivity contribution >= 4 is 11.6 Å². The van der Waals surface area contributed by atoms with Crippen LogP contribution in [0.2, 0.25) is 5.02 Å².